The molecule has 1 aromatic rings. The zero-order valence-corrected chi connectivity index (χ0v) is 7.82. The second-order valence-electron chi connectivity index (χ2n) is 2.12. The Morgan fingerprint density at radius 1 is 1.33 bits per heavy atom. The molecule has 0 heterocycles. The molecule has 0 amide bonds. The first-order valence-corrected chi connectivity index (χ1v) is 3.94. The number of ether oxygens (including phenoxy) is 1. The van der Waals surface area contributed by atoms with Crippen LogP contribution >= 0.6 is 23.2 Å². The Hall–Kier alpha value is -0.730. The van der Waals surface area contributed by atoms with Crippen molar-refractivity contribution in [3.05, 3.63) is 33.8 Å². The van der Waals surface area contributed by atoms with Gasteiger partial charge in [-0.1, -0.05) is 23.2 Å². The van der Waals surface area contributed by atoms with E-state index >= 15 is 0 Å². The first-order chi connectivity index (χ1) is 5.65. The molecule has 12 heavy (non-hydrogen) atoms. The Bertz CT molecular complexity index is 310. The zero-order chi connectivity index (χ0) is 9.14. The lowest BCUT2D eigenvalue weighted by molar-refractivity contribution is 0.0601. The highest BCUT2D eigenvalue weighted by molar-refractivity contribution is 6.42. The number of halogens is 2. The molecule has 0 bridgehead atoms. The molecule has 0 aliphatic rings. The van der Waals surface area contributed by atoms with Gasteiger partial charge in [-0.2, -0.15) is 0 Å². The molecule has 1 aromatic carbocycles. The van der Waals surface area contributed by atoms with E-state index in [4.69, 9.17) is 23.2 Å². The Morgan fingerprint density at radius 2 is 2.00 bits per heavy atom. The van der Waals surface area contributed by atoms with E-state index in [0.29, 0.717) is 15.6 Å². The van der Waals surface area contributed by atoms with Gasteiger partial charge in [-0.3, -0.25) is 0 Å². The lowest BCUT2D eigenvalue weighted by Gasteiger charge is -1.99. The molecule has 0 atom stereocenters. The maximum atomic E-state index is 11.0. The maximum Gasteiger partial charge on any atom is 0.337 e. The van der Waals surface area contributed by atoms with Crippen LogP contribution < -0.4 is 0 Å². The summed E-state index contributed by atoms with van der Waals surface area (Å²) in [5.74, 6) is -0.423. The summed E-state index contributed by atoms with van der Waals surface area (Å²) in [5, 5.41) is 0.767. The van der Waals surface area contributed by atoms with Crippen LogP contribution in [0.15, 0.2) is 18.2 Å². The highest BCUT2D eigenvalue weighted by Crippen LogP contribution is 2.22. The topological polar surface area (TPSA) is 26.3 Å². The van der Waals surface area contributed by atoms with Gasteiger partial charge < -0.3 is 4.74 Å². The lowest BCUT2D eigenvalue weighted by atomic mass is 10.2. The SMILES string of the molecule is COC(=O)c1ccc(Cl)c(Cl)c1. The Balaban J connectivity index is 3.05. The van der Waals surface area contributed by atoms with Gasteiger partial charge in [0.2, 0.25) is 0 Å². The average molecular weight is 205 g/mol. The van der Waals surface area contributed by atoms with Crippen molar-refractivity contribution in [1.82, 2.24) is 0 Å². The molecule has 0 radical (unpaired) electrons. The van der Waals surface area contributed by atoms with Gasteiger partial charge in [0, 0.05) is 0 Å². The van der Waals surface area contributed by atoms with Gasteiger partial charge >= 0.3 is 5.97 Å². The van der Waals surface area contributed by atoms with Crippen molar-refractivity contribution in [2.24, 2.45) is 0 Å². The summed E-state index contributed by atoms with van der Waals surface area (Å²) in [7, 11) is 1.31. The highest BCUT2D eigenvalue weighted by atomic mass is 35.5. The van der Waals surface area contributed by atoms with E-state index in [1.165, 1.54) is 13.2 Å². The van der Waals surface area contributed by atoms with Crippen molar-refractivity contribution in [1.29, 1.82) is 0 Å². The predicted molar refractivity (Wildman–Crippen MR) is 47.8 cm³/mol. The molecule has 0 saturated carbocycles. The van der Waals surface area contributed by atoms with Gasteiger partial charge in [0.1, 0.15) is 0 Å². The van der Waals surface area contributed by atoms with Gasteiger partial charge in [-0.15, -0.1) is 0 Å². The van der Waals surface area contributed by atoms with Gasteiger partial charge in [-0.25, -0.2) is 4.79 Å². The first kappa shape index (κ1) is 9.36. The average Bonchev–Trinajstić information content (AvgIpc) is 2.08. The number of carbonyl (C=O) groups excluding carboxylic acids is 1. The molecule has 0 fully saturated rings. The third-order valence-corrected chi connectivity index (χ3v) is 2.08. The Morgan fingerprint density at radius 3 is 2.50 bits per heavy atom. The quantitative estimate of drug-likeness (QED) is 0.659. The third-order valence-electron chi connectivity index (χ3n) is 1.34. The molecular formula is C8H6Cl2O2. The van der Waals surface area contributed by atoms with Gasteiger partial charge in [0.15, 0.2) is 0 Å². The van der Waals surface area contributed by atoms with Crippen molar-refractivity contribution in [3.8, 4) is 0 Å². The molecule has 1 rings (SSSR count). The van der Waals surface area contributed by atoms with Gasteiger partial charge in [0.05, 0.1) is 22.7 Å². The smallest absolute Gasteiger partial charge is 0.337 e. The third kappa shape index (κ3) is 1.90. The van der Waals surface area contributed by atoms with Crippen LogP contribution in [0.2, 0.25) is 10.0 Å². The first-order valence-electron chi connectivity index (χ1n) is 3.18. The molecule has 64 valence electrons. The second kappa shape index (κ2) is 3.78. The zero-order valence-electron chi connectivity index (χ0n) is 6.30. The summed E-state index contributed by atoms with van der Waals surface area (Å²) in [6.45, 7) is 0. The Kier molecular flexibility index (Phi) is 2.95. The van der Waals surface area contributed by atoms with Crippen LogP contribution in [0.3, 0.4) is 0 Å². The van der Waals surface area contributed by atoms with Gasteiger partial charge in [0.25, 0.3) is 0 Å². The monoisotopic (exact) mass is 204 g/mol. The fourth-order valence-corrected chi connectivity index (χ4v) is 1.04. The molecule has 0 aromatic heterocycles. The van der Waals surface area contributed by atoms with Gasteiger partial charge in [-0.05, 0) is 18.2 Å². The minimum absolute atomic E-state index is 0.347. The Labute approximate surface area is 80.0 Å². The highest BCUT2D eigenvalue weighted by Gasteiger charge is 2.06. The fraction of sp³-hybridized carbons (Fsp3) is 0.125. The largest absolute Gasteiger partial charge is 0.465 e. The lowest BCUT2D eigenvalue weighted by Crippen LogP contribution is -2.00. The van der Waals surface area contributed by atoms with Crippen LogP contribution in [0.25, 0.3) is 0 Å². The number of esters is 1. The van der Waals surface area contributed by atoms with Crippen molar-refractivity contribution in [2.45, 2.75) is 0 Å². The number of hydrogen-bond acceptors (Lipinski definition) is 2. The van der Waals surface area contributed by atoms with Crippen LogP contribution in [0.1, 0.15) is 10.4 Å². The van der Waals surface area contributed by atoms with Crippen molar-refractivity contribution >= 4 is 29.2 Å². The van der Waals surface area contributed by atoms with E-state index in [-0.39, 0.29) is 0 Å². The van der Waals surface area contributed by atoms with Crippen molar-refractivity contribution in [3.63, 3.8) is 0 Å². The minimum atomic E-state index is -0.423. The van der Waals surface area contributed by atoms with E-state index in [0.717, 1.165) is 0 Å². The van der Waals surface area contributed by atoms with Crippen molar-refractivity contribution < 1.29 is 9.53 Å². The number of carbonyl (C=O) groups is 1. The van der Waals surface area contributed by atoms with E-state index in [1.807, 2.05) is 0 Å². The molecular weight excluding hydrogens is 199 g/mol. The number of methoxy groups -OCH3 is 1. The van der Waals surface area contributed by atoms with Crippen LogP contribution in [0, 0.1) is 0 Å². The molecule has 0 spiro atoms. The maximum absolute atomic E-state index is 11.0. The molecule has 0 saturated heterocycles. The standard InChI is InChI=1S/C8H6Cl2O2/c1-12-8(11)5-2-3-6(9)7(10)4-5/h2-4H,1H3. The summed E-state index contributed by atoms with van der Waals surface area (Å²) < 4.78 is 4.49. The van der Waals surface area contributed by atoms with Crippen LogP contribution in [-0.4, -0.2) is 13.1 Å². The molecule has 4 heteroatoms. The van der Waals surface area contributed by atoms with Crippen molar-refractivity contribution in [2.75, 3.05) is 7.11 Å². The number of hydrogen-bond donors (Lipinski definition) is 0. The summed E-state index contributed by atoms with van der Waals surface area (Å²) in [6, 6.07) is 4.58. The molecule has 0 unspecified atom stereocenters. The normalized spacial score (nSPS) is 9.58. The predicted octanol–water partition coefficient (Wildman–Crippen LogP) is 2.78. The van der Waals surface area contributed by atoms with Crippen LogP contribution in [-0.2, 0) is 4.74 Å². The van der Waals surface area contributed by atoms with E-state index in [9.17, 15) is 4.79 Å². The summed E-state index contributed by atoms with van der Waals surface area (Å²) in [6.07, 6.45) is 0. The minimum Gasteiger partial charge on any atom is -0.465 e. The molecule has 0 aliphatic heterocycles. The van der Waals surface area contributed by atoms with E-state index in [2.05, 4.69) is 4.74 Å². The molecule has 0 N–H and O–H groups in total. The second-order valence-corrected chi connectivity index (χ2v) is 2.93. The molecule has 2 nitrogen and oxygen atoms in total. The van der Waals surface area contributed by atoms with Crippen LogP contribution in [0.4, 0.5) is 0 Å². The number of benzene rings is 1. The van der Waals surface area contributed by atoms with Crippen LogP contribution in [0.5, 0.6) is 0 Å². The van der Waals surface area contributed by atoms with E-state index < -0.39 is 5.97 Å². The summed E-state index contributed by atoms with van der Waals surface area (Å²) in [5.41, 5.74) is 0.395. The fourth-order valence-electron chi connectivity index (χ4n) is 0.741. The molecule has 0 aliphatic carbocycles. The summed E-state index contributed by atoms with van der Waals surface area (Å²) in [4.78, 5) is 11.0. The summed E-state index contributed by atoms with van der Waals surface area (Å²) >= 11 is 11.3. The van der Waals surface area contributed by atoms with E-state index in [1.54, 1.807) is 12.1 Å². The number of rotatable bonds is 1.